The number of piperidine rings is 1. The summed E-state index contributed by atoms with van der Waals surface area (Å²) in [5.41, 5.74) is 0. The van der Waals surface area contributed by atoms with Crippen molar-refractivity contribution >= 4 is 5.97 Å². The Labute approximate surface area is 126 Å². The van der Waals surface area contributed by atoms with E-state index in [0.717, 1.165) is 64.8 Å². The molecule has 0 bridgehead atoms. The minimum Gasteiger partial charge on any atom is -0.466 e. The van der Waals surface area contributed by atoms with Gasteiger partial charge in [-0.05, 0) is 45.7 Å². The second kappa shape index (κ2) is 6.63. The number of rotatable bonds is 3. The number of ether oxygens (including phenoxy) is 3. The standard InChI is InChI=1S/C16H27NO4/c1-2-19-15(18)13-5-9-17(10-6-13)14-3-7-16(8-4-14)20-11-12-21-16/h13-14H,2-12H2,1H3. The third-order valence-corrected chi connectivity index (χ3v) is 5.20. The molecule has 3 aliphatic rings. The van der Waals surface area contributed by atoms with Crippen LogP contribution in [0.2, 0.25) is 0 Å². The highest BCUT2D eigenvalue weighted by atomic mass is 16.7. The lowest BCUT2D eigenvalue weighted by Crippen LogP contribution is -2.47. The molecule has 1 aliphatic carbocycles. The van der Waals surface area contributed by atoms with Crippen LogP contribution in [-0.4, -0.2) is 55.6 Å². The van der Waals surface area contributed by atoms with Crippen LogP contribution >= 0.6 is 0 Å². The normalized spacial score (nSPS) is 28.0. The van der Waals surface area contributed by atoms with Crippen molar-refractivity contribution in [3.05, 3.63) is 0 Å². The fourth-order valence-electron chi connectivity index (χ4n) is 3.95. The third-order valence-electron chi connectivity index (χ3n) is 5.20. The molecule has 2 saturated heterocycles. The summed E-state index contributed by atoms with van der Waals surface area (Å²) in [4.78, 5) is 14.3. The molecule has 0 amide bonds. The summed E-state index contributed by atoms with van der Waals surface area (Å²) in [6.07, 6.45) is 6.18. The van der Waals surface area contributed by atoms with Gasteiger partial charge in [0.15, 0.2) is 5.79 Å². The molecule has 2 aliphatic heterocycles. The summed E-state index contributed by atoms with van der Waals surface area (Å²) >= 11 is 0. The van der Waals surface area contributed by atoms with Crippen molar-refractivity contribution in [3.63, 3.8) is 0 Å². The minimum absolute atomic E-state index is 0.00694. The topological polar surface area (TPSA) is 48.0 Å². The first-order valence-corrected chi connectivity index (χ1v) is 8.41. The van der Waals surface area contributed by atoms with E-state index in [9.17, 15) is 4.79 Å². The minimum atomic E-state index is -0.264. The number of carbonyl (C=O) groups is 1. The van der Waals surface area contributed by atoms with Gasteiger partial charge in [-0.2, -0.15) is 0 Å². The molecular weight excluding hydrogens is 270 g/mol. The van der Waals surface area contributed by atoms with Gasteiger partial charge in [0.05, 0.1) is 25.7 Å². The number of esters is 1. The Morgan fingerprint density at radius 2 is 1.76 bits per heavy atom. The Morgan fingerprint density at radius 3 is 2.33 bits per heavy atom. The molecule has 0 aromatic carbocycles. The Bertz CT molecular complexity index is 349. The van der Waals surface area contributed by atoms with Crippen LogP contribution in [0.25, 0.3) is 0 Å². The summed E-state index contributed by atoms with van der Waals surface area (Å²) < 4.78 is 16.7. The van der Waals surface area contributed by atoms with Crippen molar-refractivity contribution in [2.75, 3.05) is 32.9 Å². The summed E-state index contributed by atoms with van der Waals surface area (Å²) in [5.74, 6) is -0.162. The lowest BCUT2D eigenvalue weighted by molar-refractivity contribution is -0.184. The average molecular weight is 297 g/mol. The SMILES string of the molecule is CCOC(=O)C1CCN(C2CCC3(CC2)OCCO3)CC1. The van der Waals surface area contributed by atoms with E-state index in [0.29, 0.717) is 12.6 Å². The molecule has 0 aromatic heterocycles. The zero-order valence-corrected chi connectivity index (χ0v) is 13.0. The van der Waals surface area contributed by atoms with Gasteiger partial charge >= 0.3 is 5.97 Å². The van der Waals surface area contributed by atoms with Crippen molar-refractivity contribution in [2.45, 2.75) is 57.3 Å². The Morgan fingerprint density at radius 1 is 1.14 bits per heavy atom. The summed E-state index contributed by atoms with van der Waals surface area (Å²) in [7, 11) is 0. The Kier molecular flexibility index (Phi) is 4.82. The van der Waals surface area contributed by atoms with Gasteiger partial charge in [0.25, 0.3) is 0 Å². The molecule has 0 unspecified atom stereocenters. The van der Waals surface area contributed by atoms with Crippen LogP contribution in [0.4, 0.5) is 0 Å². The summed E-state index contributed by atoms with van der Waals surface area (Å²) in [5, 5.41) is 0. The third kappa shape index (κ3) is 3.41. The lowest BCUT2D eigenvalue weighted by Gasteiger charge is -2.42. The van der Waals surface area contributed by atoms with E-state index < -0.39 is 0 Å². The molecule has 3 rings (SSSR count). The molecule has 0 aromatic rings. The van der Waals surface area contributed by atoms with Crippen LogP contribution in [0.3, 0.4) is 0 Å². The van der Waals surface area contributed by atoms with Gasteiger partial charge in [-0.25, -0.2) is 0 Å². The second-order valence-electron chi connectivity index (χ2n) is 6.40. The number of hydrogen-bond donors (Lipinski definition) is 0. The first kappa shape index (κ1) is 15.3. The van der Waals surface area contributed by atoms with Crippen LogP contribution < -0.4 is 0 Å². The number of nitrogens with zero attached hydrogens (tertiary/aromatic N) is 1. The van der Waals surface area contributed by atoms with Crippen molar-refractivity contribution in [2.24, 2.45) is 5.92 Å². The molecule has 3 fully saturated rings. The molecular formula is C16H27NO4. The van der Waals surface area contributed by atoms with Crippen LogP contribution in [0.15, 0.2) is 0 Å². The highest BCUT2D eigenvalue weighted by molar-refractivity contribution is 5.72. The fourth-order valence-corrected chi connectivity index (χ4v) is 3.95. The molecule has 1 spiro atoms. The maximum absolute atomic E-state index is 11.8. The van der Waals surface area contributed by atoms with Crippen LogP contribution in [0.5, 0.6) is 0 Å². The molecule has 0 radical (unpaired) electrons. The van der Waals surface area contributed by atoms with E-state index in [4.69, 9.17) is 14.2 Å². The van der Waals surface area contributed by atoms with E-state index in [2.05, 4.69) is 4.90 Å². The maximum Gasteiger partial charge on any atom is 0.309 e. The van der Waals surface area contributed by atoms with E-state index in [1.165, 1.54) is 0 Å². The number of carbonyl (C=O) groups excluding carboxylic acids is 1. The molecule has 5 nitrogen and oxygen atoms in total. The van der Waals surface area contributed by atoms with Gasteiger partial charge in [0.1, 0.15) is 0 Å². The smallest absolute Gasteiger partial charge is 0.309 e. The van der Waals surface area contributed by atoms with Crippen LogP contribution in [0.1, 0.15) is 45.4 Å². The Balaban J connectivity index is 1.44. The number of likely N-dealkylation sites (tertiary alicyclic amines) is 1. The van der Waals surface area contributed by atoms with Crippen LogP contribution in [0, 0.1) is 5.92 Å². The van der Waals surface area contributed by atoms with E-state index >= 15 is 0 Å². The van der Waals surface area contributed by atoms with Crippen molar-refractivity contribution < 1.29 is 19.0 Å². The predicted molar refractivity (Wildman–Crippen MR) is 77.8 cm³/mol. The first-order chi connectivity index (χ1) is 10.2. The second-order valence-corrected chi connectivity index (χ2v) is 6.40. The predicted octanol–water partition coefficient (Wildman–Crippen LogP) is 1.95. The zero-order chi connectivity index (χ0) is 14.7. The summed E-state index contributed by atoms with van der Waals surface area (Å²) in [6, 6.07) is 0.631. The Hall–Kier alpha value is -0.650. The highest BCUT2D eigenvalue weighted by Gasteiger charge is 2.42. The van der Waals surface area contributed by atoms with Gasteiger partial charge in [-0.15, -0.1) is 0 Å². The quantitative estimate of drug-likeness (QED) is 0.745. The monoisotopic (exact) mass is 297 g/mol. The molecule has 0 atom stereocenters. The van der Waals surface area contributed by atoms with Gasteiger partial charge < -0.3 is 19.1 Å². The molecule has 0 N–H and O–H groups in total. The lowest BCUT2D eigenvalue weighted by atomic mass is 9.87. The molecule has 120 valence electrons. The first-order valence-electron chi connectivity index (χ1n) is 8.41. The maximum atomic E-state index is 11.8. The van der Waals surface area contributed by atoms with Crippen LogP contribution in [-0.2, 0) is 19.0 Å². The van der Waals surface area contributed by atoms with Crippen molar-refractivity contribution in [3.8, 4) is 0 Å². The van der Waals surface area contributed by atoms with Gasteiger partial charge in [-0.1, -0.05) is 0 Å². The van der Waals surface area contributed by atoms with Gasteiger partial charge in [-0.3, -0.25) is 4.79 Å². The van der Waals surface area contributed by atoms with Crippen molar-refractivity contribution in [1.29, 1.82) is 0 Å². The largest absolute Gasteiger partial charge is 0.466 e. The number of hydrogen-bond acceptors (Lipinski definition) is 5. The van der Waals surface area contributed by atoms with E-state index in [1.54, 1.807) is 0 Å². The van der Waals surface area contributed by atoms with E-state index in [1.807, 2.05) is 6.92 Å². The van der Waals surface area contributed by atoms with Gasteiger partial charge in [0, 0.05) is 18.9 Å². The van der Waals surface area contributed by atoms with E-state index in [-0.39, 0.29) is 17.7 Å². The van der Waals surface area contributed by atoms with Crippen molar-refractivity contribution in [1.82, 2.24) is 4.90 Å². The fraction of sp³-hybridized carbons (Fsp3) is 0.938. The summed E-state index contributed by atoms with van der Waals surface area (Å²) in [6.45, 7) is 5.89. The zero-order valence-electron chi connectivity index (χ0n) is 13.0. The molecule has 2 heterocycles. The average Bonchev–Trinajstić information content (AvgIpc) is 2.97. The van der Waals surface area contributed by atoms with Gasteiger partial charge in [0.2, 0.25) is 0 Å². The highest BCUT2D eigenvalue weighted by Crippen LogP contribution is 2.38. The molecule has 21 heavy (non-hydrogen) atoms. The molecule has 1 saturated carbocycles. The molecule has 5 heteroatoms.